The average Bonchev–Trinajstić information content (AvgIpc) is 3.08. The summed E-state index contributed by atoms with van der Waals surface area (Å²) in [6.45, 7) is 2.23. The smallest absolute Gasteiger partial charge is 0.406 e. The Morgan fingerprint density at radius 3 is 2.71 bits per heavy atom. The monoisotopic (exact) mass is 311 g/mol. The van der Waals surface area contributed by atoms with Crippen LogP contribution in [0.2, 0.25) is 0 Å². The zero-order valence-electron chi connectivity index (χ0n) is 12.4. The van der Waals surface area contributed by atoms with Crippen molar-refractivity contribution in [3.8, 4) is 0 Å². The molecule has 1 aromatic heterocycles. The van der Waals surface area contributed by atoms with Crippen LogP contribution in [0.25, 0.3) is 0 Å². The van der Waals surface area contributed by atoms with E-state index in [1.54, 1.807) is 11.3 Å². The van der Waals surface area contributed by atoms with Gasteiger partial charge < -0.3 is 15.4 Å². The van der Waals surface area contributed by atoms with E-state index in [-0.39, 0.29) is 24.4 Å². The first kappa shape index (κ1) is 15.8. The number of carbonyl (C=O) groups excluding carboxylic acids is 2. The van der Waals surface area contributed by atoms with E-state index in [9.17, 15) is 9.59 Å². The SMILES string of the molecule is COC(=O)NCCC(=O)NC1(c2nc(C)cs2)CCCC1. The summed E-state index contributed by atoms with van der Waals surface area (Å²) < 4.78 is 4.47. The predicted molar refractivity (Wildman–Crippen MR) is 80.2 cm³/mol. The van der Waals surface area contributed by atoms with Crippen LogP contribution in [0.3, 0.4) is 0 Å². The van der Waals surface area contributed by atoms with E-state index in [4.69, 9.17) is 0 Å². The van der Waals surface area contributed by atoms with Crippen LogP contribution in [-0.4, -0.2) is 30.6 Å². The van der Waals surface area contributed by atoms with Gasteiger partial charge in [0.25, 0.3) is 0 Å². The second-order valence-corrected chi connectivity index (χ2v) is 6.16. The second kappa shape index (κ2) is 6.89. The van der Waals surface area contributed by atoms with Gasteiger partial charge in [0.15, 0.2) is 0 Å². The van der Waals surface area contributed by atoms with E-state index in [1.807, 2.05) is 12.3 Å². The summed E-state index contributed by atoms with van der Waals surface area (Å²) in [6, 6.07) is 0. The number of amides is 2. The van der Waals surface area contributed by atoms with Crippen LogP contribution in [0.15, 0.2) is 5.38 Å². The lowest BCUT2D eigenvalue weighted by Crippen LogP contribution is -2.44. The fourth-order valence-corrected chi connectivity index (χ4v) is 3.64. The number of thiazole rings is 1. The first-order valence-corrected chi connectivity index (χ1v) is 7.99. The van der Waals surface area contributed by atoms with Gasteiger partial charge in [-0.3, -0.25) is 4.79 Å². The number of hydrogen-bond acceptors (Lipinski definition) is 5. The van der Waals surface area contributed by atoms with Crippen molar-refractivity contribution < 1.29 is 14.3 Å². The third kappa shape index (κ3) is 3.93. The molecule has 1 fully saturated rings. The van der Waals surface area contributed by atoms with Gasteiger partial charge in [-0.05, 0) is 19.8 Å². The topological polar surface area (TPSA) is 80.3 Å². The van der Waals surface area contributed by atoms with Crippen molar-refractivity contribution in [3.63, 3.8) is 0 Å². The average molecular weight is 311 g/mol. The molecule has 1 aromatic rings. The maximum atomic E-state index is 12.1. The molecule has 2 N–H and O–H groups in total. The highest BCUT2D eigenvalue weighted by atomic mass is 32.1. The molecule has 0 radical (unpaired) electrons. The molecule has 2 amide bonds. The number of carbonyl (C=O) groups is 2. The van der Waals surface area contributed by atoms with E-state index in [2.05, 4.69) is 20.4 Å². The normalized spacial score (nSPS) is 16.5. The third-order valence-electron chi connectivity index (χ3n) is 3.67. The van der Waals surface area contributed by atoms with Crippen LogP contribution in [-0.2, 0) is 15.1 Å². The highest BCUT2D eigenvalue weighted by Gasteiger charge is 2.39. The minimum Gasteiger partial charge on any atom is -0.453 e. The molecule has 0 unspecified atom stereocenters. The number of methoxy groups -OCH3 is 1. The lowest BCUT2D eigenvalue weighted by atomic mass is 9.98. The minimum absolute atomic E-state index is 0.0684. The summed E-state index contributed by atoms with van der Waals surface area (Å²) in [6.07, 6.45) is 3.76. The molecular formula is C14H21N3O3S. The first-order valence-electron chi connectivity index (χ1n) is 7.11. The molecule has 0 spiro atoms. The molecular weight excluding hydrogens is 290 g/mol. The number of rotatable bonds is 5. The fraction of sp³-hybridized carbons (Fsp3) is 0.643. The van der Waals surface area contributed by atoms with Crippen LogP contribution in [0.5, 0.6) is 0 Å². The number of alkyl carbamates (subject to hydrolysis) is 1. The third-order valence-corrected chi connectivity index (χ3v) is 4.84. The Labute approximate surface area is 128 Å². The Morgan fingerprint density at radius 1 is 1.43 bits per heavy atom. The second-order valence-electron chi connectivity index (χ2n) is 5.30. The molecule has 1 saturated carbocycles. The van der Waals surface area contributed by atoms with Crippen molar-refractivity contribution in [2.75, 3.05) is 13.7 Å². The van der Waals surface area contributed by atoms with Gasteiger partial charge in [-0.15, -0.1) is 11.3 Å². The summed E-state index contributed by atoms with van der Waals surface area (Å²) in [5.74, 6) is -0.0684. The summed E-state index contributed by atoms with van der Waals surface area (Å²) in [5, 5.41) is 8.65. The molecule has 1 aliphatic rings. The van der Waals surface area contributed by atoms with Gasteiger partial charge in [-0.1, -0.05) is 12.8 Å². The summed E-state index contributed by atoms with van der Waals surface area (Å²) in [4.78, 5) is 27.6. The van der Waals surface area contributed by atoms with Gasteiger partial charge in [0.2, 0.25) is 5.91 Å². The lowest BCUT2D eigenvalue weighted by Gasteiger charge is -2.28. The van der Waals surface area contributed by atoms with E-state index in [1.165, 1.54) is 7.11 Å². The Kier molecular flexibility index (Phi) is 5.17. The van der Waals surface area contributed by atoms with Gasteiger partial charge >= 0.3 is 6.09 Å². The van der Waals surface area contributed by atoms with Gasteiger partial charge in [0, 0.05) is 24.0 Å². The molecule has 1 heterocycles. The van der Waals surface area contributed by atoms with Gasteiger partial charge in [-0.25, -0.2) is 9.78 Å². The van der Waals surface area contributed by atoms with Gasteiger partial charge in [0.1, 0.15) is 5.01 Å². The van der Waals surface area contributed by atoms with Crippen molar-refractivity contribution in [1.82, 2.24) is 15.6 Å². The Balaban J connectivity index is 1.94. The number of aryl methyl sites for hydroxylation is 1. The van der Waals surface area contributed by atoms with Crippen molar-refractivity contribution >= 4 is 23.3 Å². The Hall–Kier alpha value is -1.63. The number of aromatic nitrogens is 1. The molecule has 0 bridgehead atoms. The zero-order valence-corrected chi connectivity index (χ0v) is 13.2. The molecule has 0 aliphatic heterocycles. The van der Waals surface area contributed by atoms with Gasteiger partial charge in [-0.2, -0.15) is 0 Å². The standard InChI is InChI=1S/C14H21N3O3S/c1-10-9-21-12(16-10)14(6-3-4-7-14)17-11(18)5-8-15-13(19)20-2/h9H,3-8H2,1-2H3,(H,15,19)(H,17,18). The van der Waals surface area contributed by atoms with Crippen LogP contribution >= 0.6 is 11.3 Å². The Morgan fingerprint density at radius 2 is 2.14 bits per heavy atom. The van der Waals surface area contributed by atoms with Crippen LogP contribution in [0, 0.1) is 6.92 Å². The van der Waals surface area contributed by atoms with Crippen molar-refractivity contribution in [2.45, 2.75) is 44.6 Å². The highest BCUT2D eigenvalue weighted by molar-refractivity contribution is 7.09. The Bertz CT molecular complexity index is 509. The first-order chi connectivity index (χ1) is 10.1. The molecule has 1 aliphatic carbocycles. The van der Waals surface area contributed by atoms with E-state index >= 15 is 0 Å². The maximum Gasteiger partial charge on any atom is 0.406 e. The maximum absolute atomic E-state index is 12.1. The van der Waals surface area contributed by atoms with Gasteiger partial charge in [0.05, 0.1) is 12.6 Å². The molecule has 0 atom stereocenters. The number of nitrogens with zero attached hydrogens (tertiary/aromatic N) is 1. The quantitative estimate of drug-likeness (QED) is 0.872. The van der Waals surface area contributed by atoms with Crippen molar-refractivity contribution in [2.24, 2.45) is 0 Å². The molecule has 2 rings (SSSR count). The van der Waals surface area contributed by atoms with Crippen LogP contribution in [0.1, 0.15) is 42.8 Å². The molecule has 6 nitrogen and oxygen atoms in total. The summed E-state index contributed by atoms with van der Waals surface area (Å²) >= 11 is 1.60. The zero-order chi connectivity index (χ0) is 15.3. The molecule has 116 valence electrons. The number of ether oxygens (including phenoxy) is 1. The van der Waals surface area contributed by atoms with Crippen LogP contribution < -0.4 is 10.6 Å². The summed E-state index contributed by atoms with van der Waals surface area (Å²) in [5.41, 5.74) is 0.671. The molecule has 7 heteroatoms. The fourth-order valence-electron chi connectivity index (χ4n) is 2.62. The summed E-state index contributed by atoms with van der Waals surface area (Å²) in [7, 11) is 1.30. The minimum atomic E-state index is -0.520. The predicted octanol–water partition coefficient (Wildman–Crippen LogP) is 2.08. The van der Waals surface area contributed by atoms with Crippen molar-refractivity contribution in [3.05, 3.63) is 16.1 Å². The number of hydrogen-bond donors (Lipinski definition) is 2. The molecule has 0 saturated heterocycles. The van der Waals surface area contributed by atoms with E-state index < -0.39 is 6.09 Å². The van der Waals surface area contributed by atoms with Crippen molar-refractivity contribution in [1.29, 1.82) is 0 Å². The van der Waals surface area contributed by atoms with E-state index in [0.29, 0.717) is 0 Å². The number of nitrogens with one attached hydrogen (secondary N) is 2. The van der Waals surface area contributed by atoms with E-state index in [0.717, 1.165) is 36.4 Å². The lowest BCUT2D eigenvalue weighted by molar-refractivity contribution is -0.123. The molecule has 0 aromatic carbocycles. The molecule has 21 heavy (non-hydrogen) atoms. The highest BCUT2D eigenvalue weighted by Crippen LogP contribution is 2.40. The largest absolute Gasteiger partial charge is 0.453 e. The van der Waals surface area contributed by atoms with Crippen LogP contribution in [0.4, 0.5) is 4.79 Å².